The van der Waals surface area contributed by atoms with Gasteiger partial charge in [0, 0.05) is 12.0 Å². The molecule has 1 rings (SSSR count). The zero-order valence-corrected chi connectivity index (χ0v) is 11.1. The van der Waals surface area contributed by atoms with E-state index in [0.717, 1.165) is 18.6 Å². The van der Waals surface area contributed by atoms with Gasteiger partial charge in [-0.3, -0.25) is 4.79 Å². The van der Waals surface area contributed by atoms with Crippen molar-refractivity contribution in [2.24, 2.45) is 5.41 Å². The van der Waals surface area contributed by atoms with Gasteiger partial charge in [0.25, 0.3) is 0 Å². The van der Waals surface area contributed by atoms with Crippen molar-refractivity contribution >= 4 is 17.7 Å². The molecule has 0 aromatic heterocycles. The van der Waals surface area contributed by atoms with Crippen LogP contribution < -0.4 is 5.32 Å². The third-order valence-electron chi connectivity index (χ3n) is 3.17. The first-order valence-electron chi connectivity index (χ1n) is 6.14. The summed E-state index contributed by atoms with van der Waals surface area (Å²) in [6, 6.07) is 0. The van der Waals surface area contributed by atoms with Gasteiger partial charge >= 0.3 is 0 Å². The van der Waals surface area contributed by atoms with Crippen molar-refractivity contribution in [2.75, 3.05) is 18.9 Å². The van der Waals surface area contributed by atoms with Crippen molar-refractivity contribution in [2.45, 2.75) is 44.8 Å². The van der Waals surface area contributed by atoms with Crippen molar-refractivity contribution in [3.8, 4) is 0 Å². The van der Waals surface area contributed by atoms with E-state index >= 15 is 0 Å². The first kappa shape index (κ1) is 13.8. The predicted molar refractivity (Wildman–Crippen MR) is 68.6 cm³/mol. The number of amides is 1. The average Bonchev–Trinajstić information content (AvgIpc) is 3.07. The third kappa shape index (κ3) is 4.34. The molecule has 0 bridgehead atoms. The second kappa shape index (κ2) is 6.50. The Bertz CT molecular complexity index is 229. The van der Waals surface area contributed by atoms with Gasteiger partial charge in [-0.2, -0.15) is 0 Å². The molecule has 0 aromatic carbocycles. The molecule has 0 heterocycles. The molecule has 2 N–H and O–H groups in total. The Labute approximate surface area is 102 Å². The fourth-order valence-electron chi connectivity index (χ4n) is 1.47. The number of aliphatic hydroxyl groups excluding tert-OH is 1. The maximum absolute atomic E-state index is 11.7. The lowest BCUT2D eigenvalue weighted by Crippen LogP contribution is -2.36. The molecule has 1 saturated carbocycles. The molecule has 0 saturated heterocycles. The van der Waals surface area contributed by atoms with Gasteiger partial charge in [-0.25, -0.2) is 0 Å². The van der Waals surface area contributed by atoms with Crippen LogP contribution in [-0.4, -0.2) is 35.2 Å². The lowest BCUT2D eigenvalue weighted by molar-refractivity contribution is -0.120. The maximum Gasteiger partial charge on any atom is 0.232 e. The number of nitrogens with one attached hydrogen (secondary N) is 1. The molecule has 1 atom stereocenters. The summed E-state index contributed by atoms with van der Waals surface area (Å²) in [5.74, 6) is 1.16. The van der Waals surface area contributed by atoms with E-state index in [2.05, 4.69) is 12.2 Å². The van der Waals surface area contributed by atoms with Crippen molar-refractivity contribution in [1.82, 2.24) is 5.32 Å². The van der Waals surface area contributed by atoms with Crippen molar-refractivity contribution < 1.29 is 9.90 Å². The van der Waals surface area contributed by atoms with Crippen molar-refractivity contribution in [3.63, 3.8) is 0 Å². The second-order valence-corrected chi connectivity index (χ2v) is 6.19. The Hall–Kier alpha value is -0.220. The Balaban J connectivity index is 2.13. The molecule has 0 aromatic rings. The van der Waals surface area contributed by atoms with E-state index in [4.69, 9.17) is 5.11 Å². The van der Waals surface area contributed by atoms with Gasteiger partial charge in [0.2, 0.25) is 5.91 Å². The topological polar surface area (TPSA) is 49.3 Å². The molecule has 4 heteroatoms. The van der Waals surface area contributed by atoms with Crippen molar-refractivity contribution in [3.05, 3.63) is 0 Å². The molecule has 1 unspecified atom stereocenters. The van der Waals surface area contributed by atoms with Gasteiger partial charge in [-0.05, 0) is 31.9 Å². The highest BCUT2D eigenvalue weighted by Gasteiger charge is 2.42. The molecule has 1 aliphatic carbocycles. The molecule has 16 heavy (non-hydrogen) atoms. The minimum Gasteiger partial charge on any atom is -0.396 e. The Morgan fingerprint density at radius 1 is 1.56 bits per heavy atom. The molecular weight excluding hydrogens is 222 g/mol. The van der Waals surface area contributed by atoms with Gasteiger partial charge in [0.05, 0.1) is 11.9 Å². The molecule has 0 spiro atoms. The Morgan fingerprint density at radius 3 is 2.75 bits per heavy atom. The van der Waals surface area contributed by atoms with Gasteiger partial charge in [-0.15, -0.1) is 11.8 Å². The number of carbonyl (C=O) groups is 1. The largest absolute Gasteiger partial charge is 0.396 e. The monoisotopic (exact) mass is 245 g/mol. The zero-order valence-electron chi connectivity index (χ0n) is 10.3. The lowest BCUT2D eigenvalue weighted by atomic mass is 10.1. The quantitative estimate of drug-likeness (QED) is 0.641. The van der Waals surface area contributed by atoms with Crippen molar-refractivity contribution in [1.29, 1.82) is 0 Å². The summed E-state index contributed by atoms with van der Waals surface area (Å²) in [6.45, 7) is 4.95. The molecule has 1 fully saturated rings. The van der Waals surface area contributed by atoms with E-state index in [0.29, 0.717) is 6.54 Å². The average molecular weight is 245 g/mol. The van der Waals surface area contributed by atoms with Gasteiger partial charge in [-0.1, -0.05) is 13.3 Å². The molecule has 94 valence electrons. The van der Waals surface area contributed by atoms with Crippen LogP contribution >= 0.6 is 11.8 Å². The smallest absolute Gasteiger partial charge is 0.232 e. The Morgan fingerprint density at radius 2 is 2.25 bits per heavy atom. The molecule has 3 nitrogen and oxygen atoms in total. The van der Waals surface area contributed by atoms with E-state index in [1.807, 2.05) is 6.92 Å². The summed E-state index contributed by atoms with van der Waals surface area (Å²) in [5.41, 5.74) is 0.0173. The lowest BCUT2D eigenvalue weighted by Gasteiger charge is -2.15. The van der Waals surface area contributed by atoms with Gasteiger partial charge < -0.3 is 10.4 Å². The maximum atomic E-state index is 11.7. The van der Waals surface area contributed by atoms with Crippen LogP contribution in [0.4, 0.5) is 0 Å². The number of rotatable bonds is 8. The number of carbonyl (C=O) groups excluding carboxylic acids is 1. The highest BCUT2D eigenvalue weighted by Crippen LogP contribution is 2.44. The first-order valence-corrected chi connectivity index (χ1v) is 7.18. The highest BCUT2D eigenvalue weighted by molar-refractivity contribution is 8.00. The van der Waals surface area contributed by atoms with Crippen LogP contribution in [0.25, 0.3) is 0 Å². The molecule has 1 aliphatic rings. The van der Waals surface area contributed by atoms with E-state index in [1.54, 1.807) is 11.8 Å². The van der Waals surface area contributed by atoms with Crippen LogP contribution in [-0.2, 0) is 4.79 Å². The number of thioether (sulfide) groups is 1. The number of hydrogen-bond donors (Lipinski definition) is 2. The van der Waals surface area contributed by atoms with E-state index < -0.39 is 0 Å². The molecule has 0 radical (unpaired) electrons. The summed E-state index contributed by atoms with van der Waals surface area (Å²) < 4.78 is 0. The predicted octanol–water partition coefficient (Wildman–Crippen LogP) is 1.80. The minimum atomic E-state index is 0.0173. The van der Waals surface area contributed by atoms with E-state index in [-0.39, 0.29) is 23.2 Å². The summed E-state index contributed by atoms with van der Waals surface area (Å²) >= 11 is 1.71. The Kier molecular flexibility index (Phi) is 5.62. The van der Waals surface area contributed by atoms with Gasteiger partial charge in [0.1, 0.15) is 0 Å². The first-order chi connectivity index (χ1) is 7.63. The normalized spacial score (nSPS) is 19.2. The summed E-state index contributed by atoms with van der Waals surface area (Å²) in [5, 5.41) is 12.1. The van der Waals surface area contributed by atoms with Crippen LogP contribution in [0.5, 0.6) is 0 Å². The number of unbranched alkanes of at least 4 members (excludes halogenated alkanes) is 1. The van der Waals surface area contributed by atoms with Crippen LogP contribution in [0.2, 0.25) is 0 Å². The molecule has 1 amide bonds. The molecular formula is C12H23NO2S. The van der Waals surface area contributed by atoms with E-state index in [9.17, 15) is 4.79 Å². The van der Waals surface area contributed by atoms with E-state index in [1.165, 1.54) is 12.8 Å². The summed E-state index contributed by atoms with van der Waals surface area (Å²) in [6.07, 6.45) is 4.43. The SMILES string of the molecule is CCCCSC(C)C(=O)NCC1(CO)CC1. The van der Waals surface area contributed by atoms with Crippen LogP contribution in [0.15, 0.2) is 0 Å². The number of aliphatic hydroxyl groups is 1. The van der Waals surface area contributed by atoms with Crippen LogP contribution in [0.3, 0.4) is 0 Å². The zero-order chi connectivity index (χ0) is 12.0. The summed E-state index contributed by atoms with van der Waals surface area (Å²) in [4.78, 5) is 11.7. The number of hydrogen-bond acceptors (Lipinski definition) is 3. The van der Waals surface area contributed by atoms with Crippen LogP contribution in [0, 0.1) is 5.41 Å². The fraction of sp³-hybridized carbons (Fsp3) is 0.917. The highest BCUT2D eigenvalue weighted by atomic mass is 32.2. The molecule has 0 aliphatic heterocycles. The third-order valence-corrected chi connectivity index (χ3v) is 4.40. The minimum absolute atomic E-state index is 0.0173. The summed E-state index contributed by atoms with van der Waals surface area (Å²) in [7, 11) is 0. The fourth-order valence-corrected chi connectivity index (χ4v) is 2.51. The van der Waals surface area contributed by atoms with Crippen LogP contribution in [0.1, 0.15) is 39.5 Å². The van der Waals surface area contributed by atoms with Gasteiger partial charge in [0.15, 0.2) is 0 Å². The standard InChI is InChI=1S/C12H23NO2S/c1-3-4-7-16-10(2)11(15)13-8-12(9-14)5-6-12/h10,14H,3-9H2,1-2H3,(H,13,15). The second-order valence-electron chi connectivity index (χ2n) is 4.74.